The molecule has 4 nitrogen and oxygen atoms in total. The summed E-state index contributed by atoms with van der Waals surface area (Å²) in [6, 6.07) is 16.0. The van der Waals surface area contributed by atoms with Gasteiger partial charge in [-0.05, 0) is 31.5 Å². The molecule has 1 heterocycles. The van der Waals surface area contributed by atoms with Crippen molar-refractivity contribution in [3.05, 3.63) is 70.7 Å². The molecule has 2 aromatic carbocycles. The van der Waals surface area contributed by atoms with E-state index < -0.39 is 0 Å². The van der Waals surface area contributed by atoms with E-state index in [4.69, 9.17) is 4.74 Å². The zero-order valence-electron chi connectivity index (χ0n) is 15.0. The summed E-state index contributed by atoms with van der Waals surface area (Å²) in [4.78, 5) is 16.6. The van der Waals surface area contributed by atoms with E-state index in [1.54, 1.807) is 11.3 Å². The highest BCUT2D eigenvalue weighted by molar-refractivity contribution is 7.13. The predicted octanol–water partition coefficient (Wildman–Crippen LogP) is 4.51. The molecule has 5 heteroatoms. The number of rotatable bonds is 7. The Morgan fingerprint density at radius 2 is 1.88 bits per heavy atom. The van der Waals surface area contributed by atoms with Gasteiger partial charge in [-0.1, -0.05) is 42.0 Å². The topological polar surface area (TPSA) is 51.2 Å². The highest BCUT2D eigenvalue weighted by atomic mass is 32.1. The number of aryl methyl sites for hydroxylation is 2. The molecule has 0 radical (unpaired) electrons. The number of ether oxygens (including phenoxy) is 1. The number of benzene rings is 2. The third-order valence-corrected chi connectivity index (χ3v) is 4.94. The van der Waals surface area contributed by atoms with Gasteiger partial charge in [-0.25, -0.2) is 4.98 Å². The van der Waals surface area contributed by atoms with Crippen LogP contribution in [0.15, 0.2) is 53.9 Å². The first-order chi connectivity index (χ1) is 12.6. The van der Waals surface area contributed by atoms with Crippen molar-refractivity contribution in [3.8, 4) is 16.3 Å². The van der Waals surface area contributed by atoms with Crippen LogP contribution >= 0.6 is 11.3 Å². The summed E-state index contributed by atoms with van der Waals surface area (Å²) in [6.07, 6.45) is 0.322. The van der Waals surface area contributed by atoms with Gasteiger partial charge in [-0.15, -0.1) is 11.3 Å². The second kappa shape index (κ2) is 8.63. The fraction of sp³-hybridized carbons (Fsp3) is 0.238. The smallest absolute Gasteiger partial charge is 0.223 e. The van der Waals surface area contributed by atoms with Crippen molar-refractivity contribution in [3.63, 3.8) is 0 Å². The molecule has 0 bridgehead atoms. The Bertz CT molecular complexity index is 872. The van der Waals surface area contributed by atoms with Crippen molar-refractivity contribution >= 4 is 17.2 Å². The van der Waals surface area contributed by atoms with Crippen molar-refractivity contribution in [1.29, 1.82) is 0 Å². The number of hydrogen-bond acceptors (Lipinski definition) is 4. The molecule has 0 aliphatic rings. The first kappa shape index (κ1) is 18.1. The average Bonchev–Trinajstić information content (AvgIpc) is 3.11. The second-order valence-electron chi connectivity index (χ2n) is 6.15. The molecule has 0 fully saturated rings. The molecule has 0 saturated carbocycles. The molecular formula is C21H22N2O2S. The summed E-state index contributed by atoms with van der Waals surface area (Å²) in [5, 5.41) is 5.87. The van der Waals surface area contributed by atoms with Gasteiger partial charge in [0.2, 0.25) is 5.91 Å². The lowest BCUT2D eigenvalue weighted by molar-refractivity contribution is -0.121. The van der Waals surface area contributed by atoms with Gasteiger partial charge in [0.15, 0.2) is 0 Å². The first-order valence-corrected chi connectivity index (χ1v) is 9.46. The van der Waals surface area contributed by atoms with Crippen LogP contribution in [0.5, 0.6) is 5.75 Å². The van der Waals surface area contributed by atoms with E-state index in [0.29, 0.717) is 19.6 Å². The lowest BCUT2D eigenvalue weighted by atomic mass is 10.1. The van der Waals surface area contributed by atoms with Crippen LogP contribution in [0.25, 0.3) is 10.6 Å². The fourth-order valence-electron chi connectivity index (χ4n) is 2.50. The van der Waals surface area contributed by atoms with Gasteiger partial charge in [-0.3, -0.25) is 4.79 Å². The largest absolute Gasteiger partial charge is 0.493 e. The first-order valence-electron chi connectivity index (χ1n) is 8.58. The highest BCUT2D eigenvalue weighted by Gasteiger charge is 2.08. The number of amides is 1. The minimum absolute atomic E-state index is 0.0393. The summed E-state index contributed by atoms with van der Waals surface area (Å²) in [5.74, 6) is 0.744. The van der Waals surface area contributed by atoms with E-state index in [0.717, 1.165) is 22.0 Å². The van der Waals surface area contributed by atoms with Crippen LogP contribution in [0.1, 0.15) is 23.2 Å². The quantitative estimate of drug-likeness (QED) is 0.669. The molecule has 1 N–H and O–H groups in total. The Labute approximate surface area is 157 Å². The Hall–Kier alpha value is -2.66. The monoisotopic (exact) mass is 366 g/mol. The maximum absolute atomic E-state index is 12.0. The van der Waals surface area contributed by atoms with Crippen LogP contribution in [0.2, 0.25) is 0 Å². The molecule has 26 heavy (non-hydrogen) atoms. The molecule has 0 spiro atoms. The Morgan fingerprint density at radius 1 is 1.12 bits per heavy atom. The number of carbonyl (C=O) groups excluding carboxylic acids is 1. The number of thiazole rings is 1. The van der Waals surface area contributed by atoms with Gasteiger partial charge >= 0.3 is 0 Å². The van der Waals surface area contributed by atoms with Crippen LogP contribution in [-0.4, -0.2) is 17.5 Å². The number of carbonyl (C=O) groups is 1. The van der Waals surface area contributed by atoms with Gasteiger partial charge in [0.25, 0.3) is 0 Å². The predicted molar refractivity (Wildman–Crippen MR) is 105 cm³/mol. The van der Waals surface area contributed by atoms with Gasteiger partial charge in [0, 0.05) is 10.9 Å². The summed E-state index contributed by atoms with van der Waals surface area (Å²) in [6.45, 7) is 4.90. The minimum atomic E-state index is -0.0393. The normalized spacial score (nSPS) is 10.5. The van der Waals surface area contributed by atoms with Crippen LogP contribution in [0.3, 0.4) is 0 Å². The molecule has 0 aliphatic heterocycles. The number of nitrogens with zero attached hydrogens (tertiary/aromatic N) is 1. The average molecular weight is 366 g/mol. The highest BCUT2D eigenvalue weighted by Crippen LogP contribution is 2.26. The number of hydrogen-bond donors (Lipinski definition) is 1. The third-order valence-electron chi connectivity index (χ3n) is 4.01. The maximum atomic E-state index is 12.0. The van der Waals surface area contributed by atoms with Crippen LogP contribution in [0.4, 0.5) is 0 Å². The van der Waals surface area contributed by atoms with Gasteiger partial charge in [0.05, 0.1) is 25.3 Å². The van der Waals surface area contributed by atoms with Gasteiger partial charge in [0.1, 0.15) is 10.8 Å². The Kier molecular flexibility index (Phi) is 6.02. The van der Waals surface area contributed by atoms with E-state index in [-0.39, 0.29) is 5.91 Å². The van der Waals surface area contributed by atoms with Crippen molar-refractivity contribution in [1.82, 2.24) is 10.3 Å². The molecule has 1 amide bonds. The zero-order valence-corrected chi connectivity index (χ0v) is 15.8. The summed E-state index contributed by atoms with van der Waals surface area (Å²) < 4.78 is 5.58. The molecule has 0 unspecified atom stereocenters. The molecule has 1 aromatic heterocycles. The van der Waals surface area contributed by atoms with E-state index in [1.165, 1.54) is 11.1 Å². The third kappa shape index (κ3) is 4.92. The van der Waals surface area contributed by atoms with Gasteiger partial charge in [-0.2, -0.15) is 0 Å². The lowest BCUT2D eigenvalue weighted by Crippen LogP contribution is -2.24. The minimum Gasteiger partial charge on any atom is -0.493 e. The zero-order chi connectivity index (χ0) is 18.4. The van der Waals surface area contributed by atoms with Crippen molar-refractivity contribution in [2.24, 2.45) is 0 Å². The molecule has 134 valence electrons. The summed E-state index contributed by atoms with van der Waals surface area (Å²) >= 11 is 1.60. The molecule has 0 aliphatic carbocycles. The standard InChI is InChI=1S/C21H22N2O2S/c1-15-7-9-18(10-8-15)25-12-11-20(24)22-13-17-14-26-21(23-17)19-6-4-3-5-16(19)2/h3-10,14H,11-13H2,1-2H3,(H,22,24). The molecule has 3 aromatic rings. The second-order valence-corrected chi connectivity index (χ2v) is 7.01. The maximum Gasteiger partial charge on any atom is 0.223 e. The van der Waals surface area contributed by atoms with Crippen molar-refractivity contribution < 1.29 is 9.53 Å². The van der Waals surface area contributed by atoms with E-state index in [2.05, 4.69) is 29.4 Å². The number of aromatic nitrogens is 1. The Balaban J connectivity index is 1.45. The molecule has 0 saturated heterocycles. The molecular weight excluding hydrogens is 344 g/mol. The van der Waals surface area contributed by atoms with E-state index in [9.17, 15) is 4.79 Å². The molecule has 3 rings (SSSR count). The van der Waals surface area contributed by atoms with Crippen LogP contribution < -0.4 is 10.1 Å². The van der Waals surface area contributed by atoms with Crippen LogP contribution in [-0.2, 0) is 11.3 Å². The van der Waals surface area contributed by atoms with Crippen LogP contribution in [0, 0.1) is 13.8 Å². The SMILES string of the molecule is Cc1ccc(OCCC(=O)NCc2csc(-c3ccccc3C)n2)cc1. The van der Waals surface area contributed by atoms with Crippen molar-refractivity contribution in [2.75, 3.05) is 6.61 Å². The van der Waals surface area contributed by atoms with E-state index in [1.807, 2.05) is 48.7 Å². The van der Waals surface area contributed by atoms with E-state index >= 15 is 0 Å². The fourth-order valence-corrected chi connectivity index (χ4v) is 3.41. The Morgan fingerprint density at radius 3 is 2.65 bits per heavy atom. The number of nitrogens with one attached hydrogen (secondary N) is 1. The van der Waals surface area contributed by atoms with Gasteiger partial charge < -0.3 is 10.1 Å². The van der Waals surface area contributed by atoms with Crippen molar-refractivity contribution in [2.45, 2.75) is 26.8 Å². The summed E-state index contributed by atoms with van der Waals surface area (Å²) in [5.41, 5.74) is 4.40. The molecule has 0 atom stereocenters. The summed E-state index contributed by atoms with van der Waals surface area (Å²) in [7, 11) is 0. The lowest BCUT2D eigenvalue weighted by Gasteiger charge is -2.07.